The van der Waals surface area contributed by atoms with E-state index in [0.29, 0.717) is 50.1 Å². The van der Waals surface area contributed by atoms with E-state index in [9.17, 15) is 9.65 Å². The van der Waals surface area contributed by atoms with Crippen LogP contribution in [0.2, 0.25) is 10.0 Å². The molecule has 1 unspecified atom stereocenters. The molecule has 0 radical (unpaired) electrons. The molecule has 1 aliphatic heterocycles. The average molecular weight is 649 g/mol. The molecule has 0 spiro atoms. The highest BCUT2D eigenvalue weighted by Gasteiger charge is 2.30. The third-order valence-electron chi connectivity index (χ3n) is 8.21. The lowest BCUT2D eigenvalue weighted by Gasteiger charge is -2.40. The third-order valence-corrected chi connectivity index (χ3v) is 8.79. The Hall–Kier alpha value is -4.24. The number of nitrogens with one attached hydrogen (secondary N) is 2. The van der Waals surface area contributed by atoms with Crippen molar-refractivity contribution < 1.29 is 8.81 Å². The molecule has 2 N–H and O–H groups in total. The molecule has 1 aliphatic rings. The number of fused-ring (bicyclic) bond motifs is 1. The second-order valence-corrected chi connectivity index (χ2v) is 13.0. The maximum atomic E-state index is 13.8. The van der Waals surface area contributed by atoms with Gasteiger partial charge in [0.1, 0.15) is 35.1 Å². The van der Waals surface area contributed by atoms with Crippen LogP contribution >= 0.6 is 23.2 Å². The number of likely N-dealkylation sites (tertiary alicyclic amines) is 1. The van der Waals surface area contributed by atoms with Gasteiger partial charge in [-0.3, -0.25) is 9.88 Å². The van der Waals surface area contributed by atoms with Crippen molar-refractivity contribution in [1.82, 2.24) is 29.9 Å². The zero-order chi connectivity index (χ0) is 31.9. The van der Waals surface area contributed by atoms with Crippen LogP contribution < -0.4 is 10.6 Å². The van der Waals surface area contributed by atoms with Crippen LogP contribution in [0.15, 0.2) is 53.5 Å². The van der Waals surface area contributed by atoms with Crippen molar-refractivity contribution in [3.63, 3.8) is 0 Å². The fraction of sp³-hybridized carbons (Fsp3) is 0.344. The van der Waals surface area contributed by atoms with Gasteiger partial charge in [0.05, 0.1) is 39.1 Å². The summed E-state index contributed by atoms with van der Waals surface area (Å²) in [5.74, 6) is 0.0923. The van der Waals surface area contributed by atoms with Gasteiger partial charge in [-0.1, -0.05) is 28.4 Å². The van der Waals surface area contributed by atoms with Gasteiger partial charge in [-0.15, -0.1) is 5.10 Å². The monoisotopic (exact) mass is 647 g/mol. The summed E-state index contributed by atoms with van der Waals surface area (Å²) in [4.78, 5) is 11.4. The molecule has 4 heterocycles. The van der Waals surface area contributed by atoms with Gasteiger partial charge in [-0.25, -0.2) is 14.1 Å². The molecule has 3 aromatic heterocycles. The lowest BCUT2D eigenvalue weighted by Crippen LogP contribution is -2.46. The summed E-state index contributed by atoms with van der Waals surface area (Å²) in [6, 6.07) is 9.75. The number of aryl methyl sites for hydroxylation is 1. The summed E-state index contributed by atoms with van der Waals surface area (Å²) in [5.41, 5.74) is 3.81. The molecule has 0 aliphatic carbocycles. The zero-order valence-corrected chi connectivity index (χ0v) is 26.8. The predicted molar refractivity (Wildman–Crippen MR) is 172 cm³/mol. The Morgan fingerprint density at radius 3 is 2.51 bits per heavy atom. The Bertz CT molecular complexity index is 1900. The minimum atomic E-state index is -0.543. The van der Waals surface area contributed by atoms with E-state index < -0.39 is 11.9 Å². The van der Waals surface area contributed by atoms with E-state index in [4.69, 9.17) is 27.6 Å². The molecule has 1 atom stereocenters. The largest absolute Gasteiger partial charge is 0.448 e. The Kier molecular flexibility index (Phi) is 8.39. The highest BCUT2D eigenvalue weighted by Crippen LogP contribution is 2.37. The van der Waals surface area contributed by atoms with Crippen LogP contribution in [0.3, 0.4) is 0 Å². The number of hydrogen-bond acceptors (Lipinski definition) is 9. The molecule has 232 valence electrons. The van der Waals surface area contributed by atoms with Crippen LogP contribution in [-0.2, 0) is 0 Å². The fourth-order valence-electron chi connectivity index (χ4n) is 5.72. The minimum Gasteiger partial charge on any atom is -0.448 e. The number of nitriles is 1. The summed E-state index contributed by atoms with van der Waals surface area (Å²) >= 11 is 12.8. The molecule has 1 saturated heterocycles. The normalized spacial score (nSPS) is 15.2. The number of pyridine rings is 1. The number of piperidine rings is 1. The Balaban J connectivity index is 1.35. The van der Waals surface area contributed by atoms with E-state index in [1.165, 1.54) is 30.8 Å². The minimum absolute atomic E-state index is 0.0455. The van der Waals surface area contributed by atoms with Crippen LogP contribution in [0.5, 0.6) is 0 Å². The average Bonchev–Trinajstić information content (AvgIpc) is 3.67. The van der Waals surface area contributed by atoms with Crippen LogP contribution in [0.4, 0.5) is 21.5 Å². The summed E-state index contributed by atoms with van der Waals surface area (Å²) in [7, 11) is 0. The first kappa shape index (κ1) is 30.8. The number of nitrogens with zero attached hydrogens (tertiary/aromatic N) is 7. The molecule has 0 saturated carbocycles. The quantitative estimate of drug-likeness (QED) is 0.182. The number of halogens is 3. The smallest absolute Gasteiger partial charge is 0.181 e. The molecule has 0 bridgehead atoms. The molecule has 0 amide bonds. The SMILES string of the molecule is Cc1ocnc1C(Nc1cc(Cl)c2ncc(C#N)c(Nc3ccc(F)c(Cl)c3)c2c1)c1cn(C2CCN(C(C)(C)C)CC2)nn1. The first-order chi connectivity index (χ1) is 21.5. The van der Waals surface area contributed by atoms with E-state index >= 15 is 0 Å². The van der Waals surface area contributed by atoms with Crippen molar-refractivity contribution in [2.24, 2.45) is 0 Å². The maximum Gasteiger partial charge on any atom is 0.181 e. The third kappa shape index (κ3) is 6.31. The number of benzene rings is 2. The number of oxazole rings is 1. The van der Waals surface area contributed by atoms with Gasteiger partial charge in [0.25, 0.3) is 0 Å². The van der Waals surface area contributed by atoms with E-state index in [-0.39, 0.29) is 22.2 Å². The molecule has 10 nitrogen and oxygen atoms in total. The van der Waals surface area contributed by atoms with Crippen molar-refractivity contribution in [2.75, 3.05) is 23.7 Å². The first-order valence-electron chi connectivity index (χ1n) is 14.6. The van der Waals surface area contributed by atoms with Gasteiger partial charge < -0.3 is 15.1 Å². The van der Waals surface area contributed by atoms with Crippen molar-refractivity contribution in [3.8, 4) is 6.07 Å². The highest BCUT2D eigenvalue weighted by molar-refractivity contribution is 6.36. The van der Waals surface area contributed by atoms with Gasteiger partial charge in [0, 0.05) is 41.6 Å². The molecule has 13 heteroatoms. The Labute approximate surface area is 270 Å². The Morgan fingerprint density at radius 2 is 1.84 bits per heavy atom. The second-order valence-electron chi connectivity index (χ2n) is 12.2. The molecule has 45 heavy (non-hydrogen) atoms. The summed E-state index contributed by atoms with van der Waals surface area (Å²) < 4.78 is 21.4. The zero-order valence-electron chi connectivity index (χ0n) is 25.3. The molecule has 5 aromatic rings. The fourth-order valence-corrected chi connectivity index (χ4v) is 6.17. The van der Waals surface area contributed by atoms with Crippen molar-refractivity contribution >= 4 is 51.2 Å². The van der Waals surface area contributed by atoms with Crippen LogP contribution in [-0.4, -0.2) is 48.5 Å². The van der Waals surface area contributed by atoms with E-state index in [0.717, 1.165) is 25.9 Å². The van der Waals surface area contributed by atoms with E-state index in [1.54, 1.807) is 6.07 Å². The predicted octanol–water partition coefficient (Wildman–Crippen LogP) is 7.82. The lowest BCUT2D eigenvalue weighted by atomic mass is 9.98. The summed E-state index contributed by atoms with van der Waals surface area (Å²) in [6.45, 7) is 10.5. The van der Waals surface area contributed by atoms with Crippen molar-refractivity contribution in [1.29, 1.82) is 5.26 Å². The van der Waals surface area contributed by atoms with E-state index in [1.807, 2.05) is 23.9 Å². The number of aromatic nitrogens is 5. The number of rotatable bonds is 7. The molecular weight excluding hydrogens is 616 g/mol. The molecule has 1 fully saturated rings. The highest BCUT2D eigenvalue weighted by atomic mass is 35.5. The van der Waals surface area contributed by atoms with Gasteiger partial charge in [-0.05, 0) is 70.9 Å². The van der Waals surface area contributed by atoms with Crippen molar-refractivity contribution in [3.05, 3.63) is 87.7 Å². The summed E-state index contributed by atoms with van der Waals surface area (Å²) in [5, 5.41) is 26.6. The van der Waals surface area contributed by atoms with Gasteiger partial charge in [0.2, 0.25) is 0 Å². The van der Waals surface area contributed by atoms with Gasteiger partial charge >= 0.3 is 0 Å². The van der Waals surface area contributed by atoms with Gasteiger partial charge in [0.15, 0.2) is 6.39 Å². The molecule has 2 aromatic carbocycles. The number of hydrogen-bond donors (Lipinski definition) is 2. The first-order valence-corrected chi connectivity index (χ1v) is 15.3. The topological polar surface area (TPSA) is 121 Å². The van der Waals surface area contributed by atoms with Crippen LogP contribution in [0.25, 0.3) is 10.9 Å². The maximum absolute atomic E-state index is 13.8. The van der Waals surface area contributed by atoms with Crippen molar-refractivity contribution in [2.45, 2.75) is 58.2 Å². The second kappa shape index (κ2) is 12.3. The summed E-state index contributed by atoms with van der Waals surface area (Å²) in [6.07, 6.45) is 6.76. The number of anilines is 3. The van der Waals surface area contributed by atoms with Gasteiger partial charge in [-0.2, -0.15) is 5.26 Å². The van der Waals surface area contributed by atoms with E-state index in [2.05, 4.69) is 62.7 Å². The lowest BCUT2D eigenvalue weighted by molar-refractivity contribution is 0.0866. The van der Waals surface area contributed by atoms with Crippen LogP contribution in [0.1, 0.15) is 68.4 Å². The standard InChI is InChI=1S/C32H32Cl2FN9O/c1-18-28(38-17-45-18)31(27-16-44(42-41-27)22-7-9-43(10-8-22)32(2,3)4)40-21-11-23-29(39-20-5-6-26(35)24(33)12-20)19(14-36)15-37-30(23)25(34)13-21/h5-6,11-13,15-17,22,31,40H,7-10H2,1-4H3,(H,37,39). The molecular formula is C32H32Cl2FN9O. The molecule has 6 rings (SSSR count). The Morgan fingerprint density at radius 1 is 1.09 bits per heavy atom. The van der Waals surface area contributed by atoms with Crippen LogP contribution in [0, 0.1) is 24.1 Å².